The van der Waals surface area contributed by atoms with Gasteiger partial charge in [0.2, 0.25) is 0 Å². The van der Waals surface area contributed by atoms with E-state index < -0.39 is 0 Å². The highest BCUT2D eigenvalue weighted by Crippen LogP contribution is 2.29. The Kier molecular flexibility index (Phi) is 5.29. The maximum Gasteiger partial charge on any atom is 0.134 e. The molecule has 2 rings (SSSR count). The lowest BCUT2D eigenvalue weighted by molar-refractivity contribution is 0.295. The average Bonchev–Trinajstić information content (AvgIpc) is 2.46. The van der Waals surface area contributed by atoms with Crippen LogP contribution in [0.4, 0.5) is 0 Å². The summed E-state index contributed by atoms with van der Waals surface area (Å²) in [6, 6.07) is 11.2. The molecule has 0 radical (unpaired) electrons. The van der Waals surface area contributed by atoms with Gasteiger partial charge in [0, 0.05) is 17.1 Å². The fourth-order valence-electron chi connectivity index (χ4n) is 1.82. The van der Waals surface area contributed by atoms with Gasteiger partial charge in [-0.3, -0.25) is 0 Å². The van der Waals surface area contributed by atoms with E-state index in [1.807, 2.05) is 24.3 Å². The molecule has 2 aromatic carbocycles. The molecule has 0 fully saturated rings. The maximum absolute atomic E-state index is 5.90. The Morgan fingerprint density at radius 3 is 2.55 bits per heavy atom. The molecule has 0 heterocycles. The van der Waals surface area contributed by atoms with Gasteiger partial charge in [-0.25, -0.2) is 0 Å². The van der Waals surface area contributed by atoms with Gasteiger partial charge in [-0.15, -0.1) is 0 Å². The molecule has 0 aromatic heterocycles. The first kappa shape index (κ1) is 15.2. The first-order valence-electron chi connectivity index (χ1n) is 6.07. The van der Waals surface area contributed by atoms with E-state index in [1.165, 1.54) is 0 Å². The standard InChI is InChI=1S/C15H15BrClNO2/c1-19-14-4-2-10(8-18)6-11(14)9-20-15-5-3-12(17)7-13(15)16/h2-7H,8-9,18H2,1H3. The number of methoxy groups -OCH3 is 1. The molecular formula is C15H15BrClNO2. The van der Waals surface area contributed by atoms with Crippen molar-refractivity contribution < 1.29 is 9.47 Å². The molecule has 0 atom stereocenters. The van der Waals surface area contributed by atoms with Crippen LogP contribution in [-0.2, 0) is 13.2 Å². The first-order chi connectivity index (χ1) is 9.63. The third-order valence-corrected chi connectivity index (χ3v) is 3.71. The Bertz CT molecular complexity index is 604. The van der Waals surface area contributed by atoms with Gasteiger partial charge in [0.1, 0.15) is 18.1 Å². The van der Waals surface area contributed by atoms with Gasteiger partial charge in [0.05, 0.1) is 11.6 Å². The third kappa shape index (κ3) is 3.66. The molecule has 0 aliphatic carbocycles. The number of nitrogens with two attached hydrogens (primary N) is 1. The molecular weight excluding hydrogens is 342 g/mol. The second-order valence-corrected chi connectivity index (χ2v) is 5.50. The Labute approximate surface area is 131 Å². The highest BCUT2D eigenvalue weighted by molar-refractivity contribution is 9.10. The van der Waals surface area contributed by atoms with E-state index in [1.54, 1.807) is 19.2 Å². The summed E-state index contributed by atoms with van der Waals surface area (Å²) in [5.41, 5.74) is 7.65. The zero-order chi connectivity index (χ0) is 14.5. The Morgan fingerprint density at radius 1 is 1.15 bits per heavy atom. The zero-order valence-electron chi connectivity index (χ0n) is 11.0. The first-order valence-corrected chi connectivity index (χ1v) is 7.25. The molecule has 3 nitrogen and oxygen atoms in total. The minimum absolute atomic E-state index is 0.400. The summed E-state index contributed by atoms with van der Waals surface area (Å²) in [7, 11) is 1.64. The Hall–Kier alpha value is -1.23. The highest BCUT2D eigenvalue weighted by atomic mass is 79.9. The molecule has 20 heavy (non-hydrogen) atoms. The number of hydrogen-bond acceptors (Lipinski definition) is 3. The summed E-state index contributed by atoms with van der Waals surface area (Å²) >= 11 is 9.33. The van der Waals surface area contributed by atoms with Gasteiger partial charge in [-0.1, -0.05) is 17.7 Å². The topological polar surface area (TPSA) is 44.5 Å². The van der Waals surface area contributed by atoms with Crippen molar-refractivity contribution >= 4 is 27.5 Å². The number of rotatable bonds is 5. The Morgan fingerprint density at radius 2 is 1.90 bits per heavy atom. The number of benzene rings is 2. The number of ether oxygens (including phenoxy) is 2. The van der Waals surface area contributed by atoms with Crippen molar-refractivity contribution in [2.75, 3.05) is 7.11 Å². The van der Waals surface area contributed by atoms with Crippen molar-refractivity contribution in [3.05, 3.63) is 57.0 Å². The van der Waals surface area contributed by atoms with Crippen LogP contribution in [0.5, 0.6) is 11.5 Å². The van der Waals surface area contributed by atoms with E-state index in [9.17, 15) is 0 Å². The fourth-order valence-corrected chi connectivity index (χ4v) is 2.62. The van der Waals surface area contributed by atoms with Crippen LogP contribution in [0.2, 0.25) is 5.02 Å². The molecule has 106 valence electrons. The van der Waals surface area contributed by atoms with Gasteiger partial charge < -0.3 is 15.2 Å². The molecule has 5 heteroatoms. The predicted octanol–water partition coefficient (Wildman–Crippen LogP) is 4.15. The molecule has 0 unspecified atom stereocenters. The molecule has 0 aliphatic heterocycles. The SMILES string of the molecule is COc1ccc(CN)cc1COc1ccc(Cl)cc1Br. The molecule has 0 bridgehead atoms. The van der Waals surface area contributed by atoms with E-state index in [4.69, 9.17) is 26.8 Å². The average molecular weight is 357 g/mol. The van der Waals surface area contributed by atoms with Crippen molar-refractivity contribution in [3.63, 3.8) is 0 Å². The van der Waals surface area contributed by atoms with Crippen LogP contribution in [0.25, 0.3) is 0 Å². The van der Waals surface area contributed by atoms with Crippen LogP contribution < -0.4 is 15.2 Å². The minimum Gasteiger partial charge on any atom is -0.496 e. The van der Waals surface area contributed by atoms with E-state index in [-0.39, 0.29) is 0 Å². The lowest BCUT2D eigenvalue weighted by Crippen LogP contribution is -2.02. The molecule has 0 aliphatic rings. The van der Waals surface area contributed by atoms with E-state index in [0.29, 0.717) is 18.2 Å². The van der Waals surface area contributed by atoms with Crippen LogP contribution in [0.3, 0.4) is 0 Å². The summed E-state index contributed by atoms with van der Waals surface area (Å²) in [6.45, 7) is 0.888. The van der Waals surface area contributed by atoms with Crippen LogP contribution in [-0.4, -0.2) is 7.11 Å². The van der Waals surface area contributed by atoms with Crippen LogP contribution >= 0.6 is 27.5 Å². The van der Waals surface area contributed by atoms with Crippen molar-refractivity contribution in [1.82, 2.24) is 0 Å². The van der Waals surface area contributed by atoms with Gasteiger partial charge in [0.25, 0.3) is 0 Å². The lowest BCUT2D eigenvalue weighted by Gasteiger charge is -2.12. The molecule has 0 amide bonds. The second-order valence-electron chi connectivity index (χ2n) is 4.21. The molecule has 0 spiro atoms. The summed E-state index contributed by atoms with van der Waals surface area (Å²) in [5.74, 6) is 1.52. The van der Waals surface area contributed by atoms with Crippen molar-refractivity contribution in [3.8, 4) is 11.5 Å². The quantitative estimate of drug-likeness (QED) is 0.875. The number of halogens is 2. The second kappa shape index (κ2) is 6.97. The van der Waals surface area contributed by atoms with Gasteiger partial charge in [-0.2, -0.15) is 0 Å². The molecule has 0 saturated carbocycles. The van der Waals surface area contributed by atoms with E-state index in [2.05, 4.69) is 15.9 Å². The monoisotopic (exact) mass is 355 g/mol. The largest absolute Gasteiger partial charge is 0.496 e. The zero-order valence-corrected chi connectivity index (χ0v) is 13.4. The van der Waals surface area contributed by atoms with Crippen molar-refractivity contribution in [2.45, 2.75) is 13.2 Å². The van der Waals surface area contributed by atoms with Gasteiger partial charge >= 0.3 is 0 Å². The summed E-state index contributed by atoms with van der Waals surface area (Å²) in [5, 5.41) is 0.659. The summed E-state index contributed by atoms with van der Waals surface area (Å²) in [6.07, 6.45) is 0. The maximum atomic E-state index is 5.90. The summed E-state index contributed by atoms with van der Waals surface area (Å²) < 4.78 is 11.9. The fraction of sp³-hybridized carbons (Fsp3) is 0.200. The van der Waals surface area contributed by atoms with Gasteiger partial charge in [-0.05, 0) is 51.8 Å². The minimum atomic E-state index is 0.400. The Balaban J connectivity index is 2.17. The summed E-state index contributed by atoms with van der Waals surface area (Å²) in [4.78, 5) is 0. The molecule has 2 N–H and O–H groups in total. The molecule has 0 saturated heterocycles. The normalized spacial score (nSPS) is 10.4. The smallest absolute Gasteiger partial charge is 0.134 e. The highest BCUT2D eigenvalue weighted by Gasteiger charge is 2.07. The van der Waals surface area contributed by atoms with E-state index >= 15 is 0 Å². The van der Waals surface area contributed by atoms with Gasteiger partial charge in [0.15, 0.2) is 0 Å². The van der Waals surface area contributed by atoms with Crippen LogP contribution in [0, 0.1) is 0 Å². The van der Waals surface area contributed by atoms with Crippen LogP contribution in [0.15, 0.2) is 40.9 Å². The predicted molar refractivity (Wildman–Crippen MR) is 84.4 cm³/mol. The van der Waals surface area contributed by atoms with Crippen molar-refractivity contribution in [1.29, 1.82) is 0 Å². The molecule has 2 aromatic rings. The van der Waals surface area contributed by atoms with Crippen LogP contribution in [0.1, 0.15) is 11.1 Å². The van der Waals surface area contributed by atoms with Crippen molar-refractivity contribution in [2.24, 2.45) is 5.73 Å². The third-order valence-electron chi connectivity index (χ3n) is 2.86. The van der Waals surface area contributed by atoms with E-state index in [0.717, 1.165) is 27.1 Å². The number of hydrogen-bond donors (Lipinski definition) is 1. The lowest BCUT2D eigenvalue weighted by atomic mass is 10.1.